The van der Waals surface area contributed by atoms with Crippen LogP contribution in [-0.2, 0) is 28.8 Å². The quantitative estimate of drug-likeness (QED) is 0.231. The number of halogens is 4. The molecule has 0 radical (unpaired) electrons. The number of likely N-dealkylation sites (tertiary alicyclic amines) is 1. The molecule has 1 aromatic carbocycles. The fourth-order valence-corrected chi connectivity index (χ4v) is 6.49. The van der Waals surface area contributed by atoms with Crippen molar-refractivity contribution in [3.05, 3.63) is 75.0 Å². The van der Waals surface area contributed by atoms with Crippen LogP contribution in [0.2, 0.25) is 0 Å². The van der Waals surface area contributed by atoms with Gasteiger partial charge in [-0.15, -0.1) is 11.3 Å². The van der Waals surface area contributed by atoms with Gasteiger partial charge in [0.25, 0.3) is 0 Å². The number of aromatic nitrogens is 2. The predicted molar refractivity (Wildman–Crippen MR) is 155 cm³/mol. The van der Waals surface area contributed by atoms with Crippen LogP contribution in [-0.4, -0.2) is 56.3 Å². The minimum atomic E-state index is -4.83. The van der Waals surface area contributed by atoms with Crippen molar-refractivity contribution in [2.45, 2.75) is 70.9 Å². The van der Waals surface area contributed by atoms with E-state index in [9.17, 15) is 28.0 Å². The normalized spacial score (nSPS) is 18.6. The highest BCUT2D eigenvalue weighted by atomic mass is 32.1. The number of ether oxygens (including phenoxy) is 1. The molecule has 2 atom stereocenters. The van der Waals surface area contributed by atoms with Gasteiger partial charge in [0.15, 0.2) is 5.69 Å². The second-order valence-corrected chi connectivity index (χ2v) is 12.8. The fourth-order valence-electron chi connectivity index (χ4n) is 5.45. The maximum atomic E-state index is 15.5. The molecule has 0 unspecified atom stereocenters. The molecule has 2 amide bonds. The molecule has 1 saturated heterocycles. The second kappa shape index (κ2) is 11.7. The number of rotatable bonds is 5. The lowest BCUT2D eigenvalue weighted by molar-refractivity contribution is -0.141. The first-order valence-electron chi connectivity index (χ1n) is 14.1. The van der Waals surface area contributed by atoms with Crippen molar-refractivity contribution in [1.29, 1.82) is 5.26 Å². The van der Waals surface area contributed by atoms with E-state index in [2.05, 4.69) is 11.2 Å². The van der Waals surface area contributed by atoms with Crippen LogP contribution in [0.3, 0.4) is 0 Å². The molecule has 44 heavy (non-hydrogen) atoms. The van der Waals surface area contributed by atoms with Crippen LogP contribution in [0.5, 0.6) is 0 Å². The first-order chi connectivity index (χ1) is 20.7. The Labute approximate surface area is 256 Å². The molecule has 1 fully saturated rings. The number of carbonyl (C=O) groups is 2. The van der Waals surface area contributed by atoms with Crippen molar-refractivity contribution in [3.8, 4) is 17.2 Å². The Kier molecular flexibility index (Phi) is 8.33. The minimum absolute atomic E-state index is 0.0396. The first kappa shape index (κ1) is 31.3. The molecule has 2 aliphatic heterocycles. The Balaban J connectivity index is 1.49. The summed E-state index contributed by atoms with van der Waals surface area (Å²) >= 11 is 1.19. The first-order valence-corrected chi connectivity index (χ1v) is 14.9. The molecule has 2 aliphatic rings. The lowest BCUT2D eigenvalue weighted by atomic mass is 9.83. The van der Waals surface area contributed by atoms with Crippen LogP contribution in [0, 0.1) is 17.1 Å². The van der Waals surface area contributed by atoms with Crippen LogP contribution >= 0.6 is 11.3 Å². The van der Waals surface area contributed by atoms with E-state index in [1.165, 1.54) is 39.5 Å². The summed E-state index contributed by atoms with van der Waals surface area (Å²) in [5.41, 5.74) is -1.57. The molecule has 5 rings (SSSR count). The van der Waals surface area contributed by atoms with Gasteiger partial charge in [-0.2, -0.15) is 23.5 Å². The van der Waals surface area contributed by atoms with Crippen LogP contribution in [0.25, 0.3) is 11.1 Å². The molecular weight excluding hydrogens is 598 g/mol. The highest BCUT2D eigenvalue weighted by Gasteiger charge is 2.40. The zero-order valence-electron chi connectivity index (χ0n) is 24.6. The Morgan fingerprint density at radius 1 is 1.23 bits per heavy atom. The number of benzene rings is 1. The number of carbonyl (C=O) groups excluding carboxylic acids is 2. The number of nitrogens with zero attached hydrogens (tertiary/aromatic N) is 5. The molecule has 3 aromatic rings. The summed E-state index contributed by atoms with van der Waals surface area (Å²) < 4.78 is 64.3. The number of nitriles is 1. The molecule has 8 nitrogen and oxygen atoms in total. The largest absolute Gasteiger partial charge is 0.444 e. The summed E-state index contributed by atoms with van der Waals surface area (Å²) in [7, 11) is 0. The lowest BCUT2D eigenvalue weighted by Gasteiger charge is -2.40. The third-order valence-electron chi connectivity index (χ3n) is 7.58. The van der Waals surface area contributed by atoms with Crippen molar-refractivity contribution in [2.24, 2.45) is 0 Å². The summed E-state index contributed by atoms with van der Waals surface area (Å²) in [5, 5.41) is 13.3. The molecule has 0 aliphatic carbocycles. The minimum Gasteiger partial charge on any atom is -0.444 e. The van der Waals surface area contributed by atoms with E-state index in [-0.39, 0.29) is 48.3 Å². The number of fused-ring (bicyclic) bond motifs is 1. The van der Waals surface area contributed by atoms with Crippen molar-refractivity contribution in [2.75, 3.05) is 13.1 Å². The van der Waals surface area contributed by atoms with E-state index in [0.717, 1.165) is 10.7 Å². The van der Waals surface area contributed by atoms with Crippen molar-refractivity contribution >= 4 is 23.3 Å². The van der Waals surface area contributed by atoms with Crippen molar-refractivity contribution < 1.29 is 31.9 Å². The summed E-state index contributed by atoms with van der Waals surface area (Å²) in [6.45, 7) is 7.80. The maximum Gasteiger partial charge on any atom is 0.435 e. The molecule has 4 heterocycles. The fraction of sp³-hybridized carbons (Fsp3) is 0.419. The number of hydrogen-bond acceptors (Lipinski definition) is 6. The van der Waals surface area contributed by atoms with Crippen LogP contribution in [0.15, 0.2) is 42.6 Å². The van der Waals surface area contributed by atoms with Gasteiger partial charge in [-0.1, -0.05) is 18.2 Å². The zero-order valence-corrected chi connectivity index (χ0v) is 25.4. The Morgan fingerprint density at radius 2 is 1.98 bits per heavy atom. The van der Waals surface area contributed by atoms with Gasteiger partial charge in [0.1, 0.15) is 22.4 Å². The van der Waals surface area contributed by atoms with Gasteiger partial charge in [0, 0.05) is 53.8 Å². The van der Waals surface area contributed by atoms with E-state index < -0.39 is 35.3 Å². The molecule has 0 saturated carbocycles. The SMILES string of the molecule is CCn1cc(-c2c(F)cccc2[C@@H]2CN(C(=O)/C=C/[C@H]3CCN3C(=O)OC(C)(C)C)Cc3sc(C#N)cc32)c(C(F)(F)F)n1. The number of aryl methyl sites for hydroxylation is 1. The lowest BCUT2D eigenvalue weighted by Crippen LogP contribution is -2.51. The summed E-state index contributed by atoms with van der Waals surface area (Å²) in [6.07, 6.45) is -0.445. The monoisotopic (exact) mass is 629 g/mol. The smallest absolute Gasteiger partial charge is 0.435 e. The van der Waals surface area contributed by atoms with E-state index in [1.54, 1.807) is 45.9 Å². The van der Waals surface area contributed by atoms with Crippen LogP contribution in [0.4, 0.5) is 22.4 Å². The van der Waals surface area contributed by atoms with Gasteiger partial charge in [-0.3, -0.25) is 9.48 Å². The Morgan fingerprint density at radius 3 is 2.59 bits per heavy atom. The van der Waals surface area contributed by atoms with E-state index in [4.69, 9.17) is 4.74 Å². The average molecular weight is 630 g/mol. The standard InChI is InChI=1S/C31H31F4N5O3S/c1-5-39-16-23(28(37-39)31(33,34)35)27-20(7-6-8-24(27)32)22-15-38(17-25-21(22)13-19(14-36)44-25)26(41)10-9-18-11-12-40(18)29(42)43-30(2,3)4/h6-10,13,16,18,22H,5,11-12,15,17H2,1-4H3/b10-9+/t18-,22-/m0/s1. The topological polar surface area (TPSA) is 91.5 Å². The van der Waals surface area contributed by atoms with Crippen LogP contribution < -0.4 is 0 Å². The predicted octanol–water partition coefficient (Wildman–Crippen LogP) is 6.70. The number of amides is 2. The molecule has 0 spiro atoms. The molecule has 2 aromatic heterocycles. The summed E-state index contributed by atoms with van der Waals surface area (Å²) in [5.74, 6) is -1.94. The van der Waals surface area contributed by atoms with Crippen LogP contribution in [0.1, 0.15) is 66.6 Å². The van der Waals surface area contributed by atoms with E-state index in [1.807, 2.05) is 0 Å². The highest BCUT2D eigenvalue weighted by molar-refractivity contribution is 7.12. The molecular formula is C31H31F4N5O3S. The molecule has 0 bridgehead atoms. The Hall–Kier alpha value is -4.18. The average Bonchev–Trinajstić information content (AvgIpc) is 3.55. The highest BCUT2D eigenvalue weighted by Crippen LogP contribution is 2.45. The molecule has 232 valence electrons. The number of thiophene rings is 1. The third kappa shape index (κ3) is 6.22. The molecule has 13 heteroatoms. The van der Waals surface area contributed by atoms with Gasteiger partial charge in [0.2, 0.25) is 5.91 Å². The van der Waals surface area contributed by atoms with Crippen molar-refractivity contribution in [1.82, 2.24) is 19.6 Å². The van der Waals surface area contributed by atoms with Gasteiger partial charge < -0.3 is 14.5 Å². The van der Waals surface area contributed by atoms with Gasteiger partial charge >= 0.3 is 12.3 Å². The van der Waals surface area contributed by atoms with Crippen molar-refractivity contribution in [3.63, 3.8) is 0 Å². The van der Waals surface area contributed by atoms with E-state index in [0.29, 0.717) is 28.3 Å². The Bertz CT molecular complexity index is 1660. The van der Waals surface area contributed by atoms with Gasteiger partial charge in [-0.25, -0.2) is 9.18 Å². The third-order valence-corrected chi connectivity index (χ3v) is 8.62. The molecule has 0 N–H and O–H groups in total. The second-order valence-electron chi connectivity index (χ2n) is 11.7. The summed E-state index contributed by atoms with van der Waals surface area (Å²) in [4.78, 5) is 30.1. The maximum absolute atomic E-state index is 15.5. The zero-order chi connectivity index (χ0) is 32.0. The number of hydrogen-bond donors (Lipinski definition) is 0. The van der Waals surface area contributed by atoms with Gasteiger partial charge in [0.05, 0.1) is 12.6 Å². The summed E-state index contributed by atoms with van der Waals surface area (Å²) in [6, 6.07) is 7.51. The van der Waals surface area contributed by atoms with E-state index >= 15 is 4.39 Å². The number of alkyl halides is 3. The van der Waals surface area contributed by atoms with Gasteiger partial charge in [-0.05, 0) is 57.4 Å².